The molecule has 0 saturated carbocycles. The molecule has 2 N–H and O–H groups in total. The number of hydrogen-bond donors (Lipinski definition) is 2. The summed E-state index contributed by atoms with van der Waals surface area (Å²) in [5, 5.41) is 6.57. The third-order valence-electron chi connectivity index (χ3n) is 4.34. The molecule has 2 unspecified atom stereocenters. The van der Waals surface area contributed by atoms with Gasteiger partial charge in [0, 0.05) is 6.54 Å². The largest absolute Gasteiger partial charge is 0.349 e. The van der Waals surface area contributed by atoms with Crippen LogP contribution in [0.2, 0.25) is 0 Å². The van der Waals surface area contributed by atoms with Crippen LogP contribution in [0.1, 0.15) is 50.3 Å². The van der Waals surface area contributed by atoms with Gasteiger partial charge in [-0.15, -0.1) is 0 Å². The highest BCUT2D eigenvalue weighted by Crippen LogP contribution is 2.27. The predicted molar refractivity (Wildman–Crippen MR) is 82.6 cm³/mol. The van der Waals surface area contributed by atoms with Crippen LogP contribution in [0.3, 0.4) is 0 Å². The molecule has 1 fully saturated rings. The fourth-order valence-electron chi connectivity index (χ4n) is 2.80. The standard InChI is InChI=1S/C17H26N2O/c1-4-15(14-8-6-13(2)7-9-14)19-16(20)17(3)10-5-11-18-12-17/h6-9,15,18H,4-5,10-12H2,1-3H3,(H,19,20). The van der Waals surface area contributed by atoms with Crippen LogP contribution in [-0.2, 0) is 4.79 Å². The molecule has 2 atom stereocenters. The van der Waals surface area contributed by atoms with Crippen molar-refractivity contribution in [3.63, 3.8) is 0 Å². The van der Waals surface area contributed by atoms with Gasteiger partial charge in [0.2, 0.25) is 5.91 Å². The molecule has 0 aliphatic carbocycles. The Kier molecular flexibility index (Phi) is 4.81. The van der Waals surface area contributed by atoms with Crippen molar-refractivity contribution in [3.05, 3.63) is 35.4 Å². The summed E-state index contributed by atoms with van der Waals surface area (Å²) in [7, 11) is 0. The average Bonchev–Trinajstić information content (AvgIpc) is 2.46. The van der Waals surface area contributed by atoms with Gasteiger partial charge in [-0.2, -0.15) is 0 Å². The molecule has 1 aromatic carbocycles. The van der Waals surface area contributed by atoms with Crippen LogP contribution in [0.25, 0.3) is 0 Å². The van der Waals surface area contributed by atoms with Crippen molar-refractivity contribution in [2.75, 3.05) is 13.1 Å². The smallest absolute Gasteiger partial charge is 0.227 e. The Hall–Kier alpha value is -1.35. The van der Waals surface area contributed by atoms with Crippen LogP contribution in [-0.4, -0.2) is 19.0 Å². The predicted octanol–water partition coefficient (Wildman–Crippen LogP) is 2.95. The highest BCUT2D eigenvalue weighted by Gasteiger charge is 2.35. The molecule has 0 spiro atoms. The second-order valence-corrected chi connectivity index (χ2v) is 6.19. The minimum Gasteiger partial charge on any atom is -0.349 e. The molecule has 2 rings (SSSR count). The van der Waals surface area contributed by atoms with E-state index in [4.69, 9.17) is 0 Å². The number of aryl methyl sites for hydroxylation is 1. The Morgan fingerprint density at radius 1 is 1.40 bits per heavy atom. The van der Waals surface area contributed by atoms with E-state index in [1.807, 2.05) is 0 Å². The number of carbonyl (C=O) groups is 1. The number of carbonyl (C=O) groups excluding carboxylic acids is 1. The topological polar surface area (TPSA) is 41.1 Å². The molecule has 1 aliphatic rings. The van der Waals surface area contributed by atoms with Gasteiger partial charge < -0.3 is 10.6 Å². The molecular weight excluding hydrogens is 248 g/mol. The van der Waals surface area contributed by atoms with Crippen LogP contribution in [0.4, 0.5) is 0 Å². The van der Waals surface area contributed by atoms with Gasteiger partial charge in [0.15, 0.2) is 0 Å². The Balaban J connectivity index is 2.05. The van der Waals surface area contributed by atoms with E-state index in [1.165, 1.54) is 11.1 Å². The molecule has 3 heteroatoms. The Morgan fingerprint density at radius 3 is 2.65 bits per heavy atom. The highest BCUT2D eigenvalue weighted by molar-refractivity contribution is 5.83. The number of hydrogen-bond acceptors (Lipinski definition) is 2. The molecule has 1 aromatic rings. The molecule has 1 saturated heterocycles. The molecule has 0 bridgehead atoms. The Labute approximate surface area is 122 Å². The third kappa shape index (κ3) is 3.40. The fraction of sp³-hybridized carbons (Fsp3) is 0.588. The van der Waals surface area contributed by atoms with Crippen molar-refractivity contribution in [1.82, 2.24) is 10.6 Å². The van der Waals surface area contributed by atoms with Crippen LogP contribution in [0, 0.1) is 12.3 Å². The molecule has 110 valence electrons. The van der Waals surface area contributed by atoms with Crippen LogP contribution in [0.15, 0.2) is 24.3 Å². The Bertz CT molecular complexity index is 447. The van der Waals surface area contributed by atoms with Gasteiger partial charge in [-0.05, 0) is 45.2 Å². The zero-order chi connectivity index (χ0) is 14.6. The lowest BCUT2D eigenvalue weighted by Gasteiger charge is -2.34. The second-order valence-electron chi connectivity index (χ2n) is 6.19. The molecule has 0 radical (unpaired) electrons. The van der Waals surface area contributed by atoms with Gasteiger partial charge >= 0.3 is 0 Å². The molecule has 3 nitrogen and oxygen atoms in total. The van der Waals surface area contributed by atoms with Crippen molar-refractivity contribution in [3.8, 4) is 0 Å². The van der Waals surface area contributed by atoms with E-state index in [0.717, 1.165) is 32.4 Å². The van der Waals surface area contributed by atoms with E-state index in [9.17, 15) is 4.79 Å². The monoisotopic (exact) mass is 274 g/mol. The number of rotatable bonds is 4. The summed E-state index contributed by atoms with van der Waals surface area (Å²) in [5.74, 6) is 0.178. The average molecular weight is 274 g/mol. The molecular formula is C17H26N2O. The molecule has 1 heterocycles. The third-order valence-corrected chi connectivity index (χ3v) is 4.34. The summed E-state index contributed by atoms with van der Waals surface area (Å²) in [5.41, 5.74) is 2.17. The zero-order valence-electron chi connectivity index (χ0n) is 12.8. The lowest BCUT2D eigenvalue weighted by atomic mass is 9.81. The summed E-state index contributed by atoms with van der Waals surface area (Å²) >= 11 is 0. The van der Waals surface area contributed by atoms with E-state index < -0.39 is 0 Å². The summed E-state index contributed by atoms with van der Waals surface area (Å²) in [6, 6.07) is 8.56. The second kappa shape index (κ2) is 6.40. The van der Waals surface area contributed by atoms with Crippen LogP contribution in [0.5, 0.6) is 0 Å². The minimum atomic E-state index is -0.267. The normalized spacial score (nSPS) is 24.1. The molecule has 1 aliphatic heterocycles. The van der Waals surface area contributed by atoms with E-state index in [2.05, 4.69) is 55.7 Å². The lowest BCUT2D eigenvalue weighted by molar-refractivity contribution is -0.131. The van der Waals surface area contributed by atoms with Crippen molar-refractivity contribution < 1.29 is 4.79 Å². The number of nitrogens with one attached hydrogen (secondary N) is 2. The summed E-state index contributed by atoms with van der Waals surface area (Å²) < 4.78 is 0. The molecule has 1 amide bonds. The van der Waals surface area contributed by atoms with Crippen molar-refractivity contribution in [1.29, 1.82) is 0 Å². The Morgan fingerprint density at radius 2 is 2.10 bits per heavy atom. The first kappa shape index (κ1) is 15.0. The fourth-order valence-corrected chi connectivity index (χ4v) is 2.80. The summed E-state index contributed by atoms with van der Waals surface area (Å²) in [6.07, 6.45) is 2.96. The van der Waals surface area contributed by atoms with Gasteiger partial charge in [-0.25, -0.2) is 0 Å². The quantitative estimate of drug-likeness (QED) is 0.886. The van der Waals surface area contributed by atoms with Gasteiger partial charge in [0.1, 0.15) is 0 Å². The van der Waals surface area contributed by atoms with Crippen molar-refractivity contribution >= 4 is 5.91 Å². The van der Waals surface area contributed by atoms with E-state index in [1.54, 1.807) is 0 Å². The molecule has 0 aromatic heterocycles. The SMILES string of the molecule is CCC(NC(=O)C1(C)CCCNC1)c1ccc(C)cc1. The maximum absolute atomic E-state index is 12.6. The van der Waals surface area contributed by atoms with Gasteiger partial charge in [0.05, 0.1) is 11.5 Å². The summed E-state index contributed by atoms with van der Waals surface area (Å²) in [4.78, 5) is 12.6. The first-order chi connectivity index (χ1) is 9.55. The lowest BCUT2D eigenvalue weighted by Crippen LogP contribution is -2.49. The number of piperidine rings is 1. The van der Waals surface area contributed by atoms with Crippen molar-refractivity contribution in [2.45, 2.75) is 46.1 Å². The van der Waals surface area contributed by atoms with E-state index in [-0.39, 0.29) is 17.4 Å². The molecule has 20 heavy (non-hydrogen) atoms. The van der Waals surface area contributed by atoms with Crippen LogP contribution >= 0.6 is 0 Å². The van der Waals surface area contributed by atoms with Gasteiger partial charge in [0.25, 0.3) is 0 Å². The highest BCUT2D eigenvalue weighted by atomic mass is 16.2. The minimum absolute atomic E-state index is 0.113. The first-order valence-corrected chi connectivity index (χ1v) is 7.63. The van der Waals surface area contributed by atoms with Gasteiger partial charge in [-0.1, -0.05) is 36.8 Å². The van der Waals surface area contributed by atoms with Crippen molar-refractivity contribution in [2.24, 2.45) is 5.41 Å². The van der Waals surface area contributed by atoms with Crippen LogP contribution < -0.4 is 10.6 Å². The number of benzene rings is 1. The zero-order valence-corrected chi connectivity index (χ0v) is 12.8. The first-order valence-electron chi connectivity index (χ1n) is 7.63. The number of amides is 1. The summed E-state index contributed by atoms with van der Waals surface area (Å²) in [6.45, 7) is 8.07. The van der Waals surface area contributed by atoms with E-state index >= 15 is 0 Å². The maximum Gasteiger partial charge on any atom is 0.227 e. The maximum atomic E-state index is 12.6. The van der Waals surface area contributed by atoms with Gasteiger partial charge in [-0.3, -0.25) is 4.79 Å². The van der Waals surface area contributed by atoms with E-state index in [0.29, 0.717) is 0 Å².